The van der Waals surface area contributed by atoms with Gasteiger partial charge in [-0.05, 0) is 19.1 Å². The third kappa shape index (κ3) is 1.96. The van der Waals surface area contributed by atoms with Crippen LogP contribution in [0.15, 0.2) is 30.3 Å². The minimum absolute atomic E-state index is 0.600. The first-order valence-electron chi connectivity index (χ1n) is 4.18. The Morgan fingerprint density at radius 3 is 1.92 bits per heavy atom. The van der Waals surface area contributed by atoms with E-state index in [1.807, 2.05) is 6.07 Å². The van der Waals surface area contributed by atoms with Crippen LogP contribution in [0.25, 0.3) is 0 Å². The summed E-state index contributed by atoms with van der Waals surface area (Å²) in [5, 5.41) is -1.44. The largest absolute Gasteiger partial charge is 0.245 e. The number of rotatable bonds is 2. The Hall–Kier alpha value is -0.720. The maximum absolute atomic E-state index is 13.6. The molecule has 0 aliphatic heterocycles. The van der Waals surface area contributed by atoms with Gasteiger partial charge in [0.25, 0.3) is 0 Å². The van der Waals surface area contributed by atoms with Crippen LogP contribution in [0.2, 0.25) is 0 Å². The van der Waals surface area contributed by atoms with Crippen molar-refractivity contribution in [3.8, 4) is 0 Å². The number of benzene rings is 1. The third-order valence-electron chi connectivity index (χ3n) is 2.24. The maximum atomic E-state index is 13.6. The van der Waals surface area contributed by atoms with E-state index in [0.29, 0.717) is 5.56 Å². The van der Waals surface area contributed by atoms with Gasteiger partial charge in [0.2, 0.25) is 0 Å². The van der Waals surface area contributed by atoms with Crippen molar-refractivity contribution in [3.63, 3.8) is 0 Å². The number of halogens is 1. The van der Waals surface area contributed by atoms with Crippen molar-refractivity contribution in [1.82, 2.24) is 0 Å². The number of alkyl halides is 1. The topological polar surface area (TPSA) is 0 Å². The Bertz CT molecular complexity index is 275. The van der Waals surface area contributed by atoms with Crippen LogP contribution in [0.5, 0.6) is 0 Å². The molecular formula is C10H11B2F. The zero-order valence-corrected chi connectivity index (χ0v) is 7.92. The molecule has 1 aromatic carbocycles. The van der Waals surface area contributed by atoms with Crippen LogP contribution in [-0.2, 0) is 5.21 Å². The lowest BCUT2D eigenvalue weighted by molar-refractivity contribution is 0.188. The Kier molecular flexibility index (Phi) is 2.56. The second-order valence-electron chi connectivity index (χ2n) is 3.71. The Labute approximate surface area is 81.4 Å². The zero-order chi connectivity index (χ0) is 10.1. The van der Waals surface area contributed by atoms with Crippen molar-refractivity contribution in [3.05, 3.63) is 35.9 Å². The van der Waals surface area contributed by atoms with Crippen molar-refractivity contribution in [2.45, 2.75) is 24.7 Å². The fourth-order valence-electron chi connectivity index (χ4n) is 1.06. The van der Waals surface area contributed by atoms with Crippen LogP contribution in [0, 0.1) is 0 Å². The predicted molar refractivity (Wildman–Crippen MR) is 54.8 cm³/mol. The molecule has 0 aromatic heterocycles. The molecular weight excluding hydrogens is 161 g/mol. The van der Waals surface area contributed by atoms with Crippen LogP contribution in [0.1, 0.15) is 19.4 Å². The summed E-state index contributed by atoms with van der Waals surface area (Å²) in [6.07, 6.45) is 0. The molecule has 0 atom stereocenters. The first-order chi connectivity index (χ1) is 5.86. The monoisotopic (exact) mass is 172 g/mol. The van der Waals surface area contributed by atoms with Gasteiger partial charge in [0, 0.05) is 0 Å². The summed E-state index contributed by atoms with van der Waals surface area (Å²) in [7, 11) is 11.4. The normalized spacial score (nSPS) is 12.8. The lowest BCUT2D eigenvalue weighted by Gasteiger charge is -2.36. The van der Waals surface area contributed by atoms with Crippen LogP contribution in [0.4, 0.5) is 4.39 Å². The fraction of sp³-hybridized carbons (Fsp3) is 0.400. The van der Waals surface area contributed by atoms with E-state index in [1.54, 1.807) is 24.3 Å². The second kappa shape index (κ2) is 3.21. The summed E-state index contributed by atoms with van der Waals surface area (Å²) in [6.45, 7) is 2.75. The van der Waals surface area contributed by atoms with Crippen molar-refractivity contribution in [2.24, 2.45) is 0 Å². The van der Waals surface area contributed by atoms with E-state index in [4.69, 9.17) is 15.7 Å². The summed E-state index contributed by atoms with van der Waals surface area (Å²) in [5.74, 6) is 0. The molecule has 0 saturated carbocycles. The molecule has 13 heavy (non-hydrogen) atoms. The Morgan fingerprint density at radius 1 is 1.08 bits per heavy atom. The van der Waals surface area contributed by atoms with Gasteiger partial charge in [0.15, 0.2) is 0 Å². The second-order valence-corrected chi connectivity index (χ2v) is 3.71. The molecule has 0 unspecified atom stereocenters. The molecule has 1 rings (SSSR count). The highest BCUT2D eigenvalue weighted by atomic mass is 19.1. The highest BCUT2D eigenvalue weighted by Crippen LogP contribution is 2.31. The van der Waals surface area contributed by atoms with Crippen molar-refractivity contribution in [1.29, 1.82) is 0 Å². The standard InChI is InChI=1S/C10H11B2F/c1-9(2,13)10(11,12)8-6-4-3-5-7-8/h3-7H,1-2H3. The predicted octanol–water partition coefficient (Wildman–Crippen LogP) is 1.92. The molecule has 0 heterocycles. The SMILES string of the molecule is [B]C([B])(c1ccccc1)C(C)(C)F. The fourth-order valence-corrected chi connectivity index (χ4v) is 1.06. The van der Waals surface area contributed by atoms with E-state index in [2.05, 4.69) is 0 Å². The summed E-state index contributed by atoms with van der Waals surface area (Å²) in [5.41, 5.74) is -1.04. The smallest absolute Gasteiger partial charge is 0.0993 e. The van der Waals surface area contributed by atoms with Crippen molar-refractivity contribution < 1.29 is 4.39 Å². The highest BCUT2D eigenvalue weighted by molar-refractivity contribution is 6.41. The van der Waals surface area contributed by atoms with Gasteiger partial charge in [-0.25, -0.2) is 4.39 Å². The van der Waals surface area contributed by atoms with Gasteiger partial charge < -0.3 is 0 Å². The quantitative estimate of drug-likeness (QED) is 0.597. The van der Waals surface area contributed by atoms with Gasteiger partial charge in [-0.3, -0.25) is 0 Å². The van der Waals surface area contributed by atoms with E-state index in [0.717, 1.165) is 0 Å². The summed E-state index contributed by atoms with van der Waals surface area (Å²) >= 11 is 0. The average molecular weight is 172 g/mol. The molecule has 3 heteroatoms. The zero-order valence-electron chi connectivity index (χ0n) is 7.92. The molecule has 0 aliphatic carbocycles. The number of hydrogen-bond donors (Lipinski definition) is 0. The molecule has 0 fully saturated rings. The lowest BCUT2D eigenvalue weighted by Crippen LogP contribution is -2.45. The number of hydrogen-bond acceptors (Lipinski definition) is 0. The minimum Gasteiger partial charge on any atom is -0.245 e. The first-order valence-corrected chi connectivity index (χ1v) is 4.18. The van der Waals surface area contributed by atoms with Crippen molar-refractivity contribution >= 4 is 15.7 Å². The van der Waals surface area contributed by atoms with E-state index in [1.165, 1.54) is 13.8 Å². The highest BCUT2D eigenvalue weighted by Gasteiger charge is 2.36. The van der Waals surface area contributed by atoms with E-state index >= 15 is 0 Å². The molecule has 0 bridgehead atoms. The molecule has 64 valence electrons. The van der Waals surface area contributed by atoms with Crippen LogP contribution in [-0.4, -0.2) is 21.4 Å². The third-order valence-corrected chi connectivity index (χ3v) is 2.24. The molecule has 0 saturated heterocycles. The van der Waals surface area contributed by atoms with Gasteiger partial charge >= 0.3 is 0 Å². The molecule has 0 nitrogen and oxygen atoms in total. The summed E-state index contributed by atoms with van der Waals surface area (Å²) < 4.78 is 13.6. The maximum Gasteiger partial charge on any atom is 0.0993 e. The van der Waals surface area contributed by atoms with Crippen LogP contribution < -0.4 is 0 Å². The Morgan fingerprint density at radius 2 is 1.54 bits per heavy atom. The van der Waals surface area contributed by atoms with Gasteiger partial charge in [0.1, 0.15) is 0 Å². The van der Waals surface area contributed by atoms with E-state index in [9.17, 15) is 4.39 Å². The lowest BCUT2D eigenvalue weighted by atomic mass is 9.45. The molecule has 0 amide bonds. The van der Waals surface area contributed by atoms with Gasteiger partial charge in [-0.15, -0.1) is 0 Å². The van der Waals surface area contributed by atoms with Gasteiger partial charge in [-0.1, -0.05) is 35.9 Å². The van der Waals surface area contributed by atoms with Crippen molar-refractivity contribution in [2.75, 3.05) is 0 Å². The molecule has 4 radical (unpaired) electrons. The van der Waals surface area contributed by atoms with E-state index in [-0.39, 0.29) is 0 Å². The van der Waals surface area contributed by atoms with E-state index < -0.39 is 10.9 Å². The van der Waals surface area contributed by atoms with Gasteiger partial charge in [0.05, 0.1) is 21.4 Å². The summed E-state index contributed by atoms with van der Waals surface area (Å²) in [4.78, 5) is 0. The average Bonchev–Trinajstić information content (AvgIpc) is 2.04. The molecule has 0 aliphatic rings. The minimum atomic E-state index is -1.64. The Balaban J connectivity index is 3.08. The first kappa shape index (κ1) is 10.4. The van der Waals surface area contributed by atoms with Gasteiger partial charge in [-0.2, -0.15) is 0 Å². The summed E-state index contributed by atoms with van der Waals surface area (Å²) in [6, 6.07) is 8.86. The molecule has 0 spiro atoms. The van der Waals surface area contributed by atoms with Crippen LogP contribution in [0.3, 0.4) is 0 Å². The molecule has 0 N–H and O–H groups in total. The van der Waals surface area contributed by atoms with Crippen LogP contribution >= 0.6 is 0 Å². The molecule has 1 aromatic rings.